The lowest BCUT2D eigenvalue weighted by atomic mass is 9.91. The van der Waals surface area contributed by atoms with Gasteiger partial charge in [-0.05, 0) is 268 Å². The average Bonchev–Trinajstić information content (AvgIpc) is 1.72. The maximum Gasteiger partial charge on any atom is 0.0541 e. The molecule has 0 aliphatic heterocycles. The monoisotopic (exact) mass is 1690 g/mol. The highest BCUT2D eigenvalue weighted by Crippen LogP contribution is 2.46. The average molecular weight is 1690 g/mol. The smallest absolute Gasteiger partial charge is 0.0541 e. The van der Waals surface area contributed by atoms with Crippen LogP contribution in [0.15, 0.2) is 504 Å². The maximum absolute atomic E-state index is 2.43. The van der Waals surface area contributed by atoms with Crippen LogP contribution in [0.4, 0.5) is 0 Å². The molecule has 3 heterocycles. The Morgan fingerprint density at radius 3 is 0.669 bits per heavy atom. The number of nitrogens with zero attached hydrogens (tertiary/aromatic N) is 3. The van der Waals surface area contributed by atoms with Crippen molar-refractivity contribution in [2.45, 2.75) is 0 Å². The van der Waals surface area contributed by atoms with Crippen LogP contribution < -0.4 is 0 Å². The number of rotatable bonds is 9. The van der Waals surface area contributed by atoms with Gasteiger partial charge in [-0.15, -0.1) is 0 Å². The Labute approximate surface area is 768 Å². The molecular weight excluding hydrogens is 1600 g/mol. The summed E-state index contributed by atoms with van der Waals surface area (Å²) in [7, 11) is 0. The SMILES string of the molecule is c1cc(-c2ccc3c(ccc4ccccc43)c2)cc(-c2ccc3c(c2)c2ccccc2n3-c2cccc3ccccc23)c1.c1cc(-c2ccc3c4ccccc4c4ccccc4c3c2)cc(-c2ccc3c(c2)c2ccccc2n3-c2cccc3ccccc23)c1.c1cc(-c2ccc3ccc4ccccc4c3c2)cc(-c2ccc3c(c2)c2ccccc2n3-c2cccc3ccccc23)c1. The fourth-order valence-corrected chi connectivity index (χ4v) is 21.5. The molecule has 0 N–H and O–H groups in total. The first-order valence-corrected chi connectivity index (χ1v) is 46.0. The van der Waals surface area contributed by atoms with E-state index in [2.05, 4.69) is 517 Å². The second-order valence-electron chi connectivity index (χ2n) is 35.3. The van der Waals surface area contributed by atoms with Gasteiger partial charge in [-0.3, -0.25) is 0 Å². The molecule has 3 heteroatoms. The van der Waals surface area contributed by atoms with Gasteiger partial charge in [-0.2, -0.15) is 0 Å². The van der Waals surface area contributed by atoms with Crippen molar-refractivity contribution in [2.24, 2.45) is 0 Å². The van der Waals surface area contributed by atoms with Crippen molar-refractivity contribution in [1.29, 1.82) is 0 Å². The van der Waals surface area contributed by atoms with E-state index in [-0.39, 0.29) is 0 Å². The van der Waals surface area contributed by atoms with Gasteiger partial charge in [0, 0.05) is 48.5 Å². The minimum atomic E-state index is 1.21. The summed E-state index contributed by atoms with van der Waals surface area (Å²) < 4.78 is 7.27. The summed E-state index contributed by atoms with van der Waals surface area (Å²) in [5.74, 6) is 0. The molecule has 0 radical (unpaired) electrons. The highest BCUT2D eigenvalue weighted by molar-refractivity contribution is 6.26. The Kier molecular flexibility index (Phi) is 18.3. The summed E-state index contributed by atoms with van der Waals surface area (Å²) in [5.41, 5.74) is 25.7. The summed E-state index contributed by atoms with van der Waals surface area (Å²) in [5, 5.41) is 33.2. The van der Waals surface area contributed by atoms with E-state index in [9.17, 15) is 0 Å². The van der Waals surface area contributed by atoms with Gasteiger partial charge in [-0.25, -0.2) is 0 Å². The van der Waals surface area contributed by atoms with Gasteiger partial charge in [0.2, 0.25) is 0 Å². The second-order valence-corrected chi connectivity index (χ2v) is 35.3. The Balaban J connectivity index is 0.000000104. The minimum Gasteiger partial charge on any atom is -0.309 e. The molecule has 618 valence electrons. The number of fused-ring (bicyclic) bond motifs is 24. The van der Waals surface area contributed by atoms with Gasteiger partial charge in [0.1, 0.15) is 0 Å². The van der Waals surface area contributed by atoms with E-state index in [1.165, 1.54) is 257 Å². The molecule has 0 atom stereocenters. The Morgan fingerprint density at radius 1 is 0.0902 bits per heavy atom. The standard InChI is InChI=1S/C46H29N.2C42H27N/c1-2-15-35-30(11-1)12-10-22-44(35)47-45-21-8-7-20-41(45)43-29-34(24-26-46(43)47)32-14-9-13-31(27-32)33-23-25-40-38-18-4-3-16-36(38)37-17-5-6-19-39(37)42(40)28-33;1-3-14-35-29(10-1)19-20-34-26-32(21-23-36(34)35)30-12-7-13-31(25-30)33-22-24-42-39(27-33)38-16-5-6-17-41(38)43(42)40-18-8-11-28-9-2-4-15-37(28)40;1-3-14-35-29(10-1)19-20-30-21-22-33(26-38(30)35)31-12-7-13-32(25-31)34-23-24-42-39(27-34)37-16-5-6-17-41(37)43(42)40-18-8-11-28-9-2-4-15-36(28)40/h1-29H;2*1-27H. The summed E-state index contributed by atoms with van der Waals surface area (Å²) in [6, 6.07) is 184. The molecule has 0 spiro atoms. The molecule has 0 saturated heterocycles. The van der Waals surface area contributed by atoms with Crippen LogP contribution in [-0.2, 0) is 0 Å². The van der Waals surface area contributed by atoms with Crippen molar-refractivity contribution >= 4 is 173 Å². The number of hydrogen-bond acceptors (Lipinski definition) is 0. The van der Waals surface area contributed by atoms with Gasteiger partial charge in [0.05, 0.1) is 50.2 Å². The number of para-hydroxylation sites is 3. The van der Waals surface area contributed by atoms with Crippen LogP contribution in [0.1, 0.15) is 0 Å². The zero-order valence-electron chi connectivity index (χ0n) is 72.8. The van der Waals surface area contributed by atoms with Crippen molar-refractivity contribution in [3.05, 3.63) is 504 Å². The quantitative estimate of drug-likeness (QED) is 0.128. The third-order valence-corrected chi connectivity index (χ3v) is 27.9. The predicted molar refractivity (Wildman–Crippen MR) is 570 cm³/mol. The molecule has 133 heavy (non-hydrogen) atoms. The van der Waals surface area contributed by atoms with Gasteiger partial charge < -0.3 is 13.7 Å². The lowest BCUT2D eigenvalue weighted by molar-refractivity contribution is 1.20. The zero-order chi connectivity index (χ0) is 87.6. The topological polar surface area (TPSA) is 14.8 Å². The number of hydrogen-bond donors (Lipinski definition) is 0. The van der Waals surface area contributed by atoms with Crippen molar-refractivity contribution in [1.82, 2.24) is 13.7 Å². The van der Waals surface area contributed by atoms with Crippen molar-refractivity contribution in [3.8, 4) is 83.8 Å². The lowest BCUT2D eigenvalue weighted by Gasteiger charge is -2.13. The molecule has 3 nitrogen and oxygen atoms in total. The molecule has 28 rings (SSSR count). The van der Waals surface area contributed by atoms with E-state index < -0.39 is 0 Å². The van der Waals surface area contributed by atoms with Gasteiger partial charge in [0.25, 0.3) is 0 Å². The van der Waals surface area contributed by atoms with Crippen molar-refractivity contribution < 1.29 is 0 Å². The van der Waals surface area contributed by atoms with Gasteiger partial charge >= 0.3 is 0 Å². The molecule has 25 aromatic carbocycles. The molecule has 28 aromatic rings. The van der Waals surface area contributed by atoms with Crippen LogP contribution in [0, 0.1) is 0 Å². The Bertz CT molecular complexity index is 9580. The largest absolute Gasteiger partial charge is 0.309 e. The third kappa shape index (κ3) is 13.1. The Hall–Kier alpha value is -17.5. The van der Waals surface area contributed by atoms with Crippen LogP contribution in [0.2, 0.25) is 0 Å². The fourth-order valence-electron chi connectivity index (χ4n) is 21.5. The van der Waals surface area contributed by atoms with Crippen LogP contribution >= 0.6 is 0 Å². The molecule has 0 aliphatic rings. The third-order valence-electron chi connectivity index (χ3n) is 27.9. The van der Waals surface area contributed by atoms with E-state index in [4.69, 9.17) is 0 Å². The van der Waals surface area contributed by atoms with Gasteiger partial charge in [0.15, 0.2) is 0 Å². The fraction of sp³-hybridized carbons (Fsp3) is 0. The van der Waals surface area contributed by atoms with E-state index >= 15 is 0 Å². The maximum atomic E-state index is 2.43. The first kappa shape index (κ1) is 76.7. The van der Waals surface area contributed by atoms with Crippen LogP contribution in [0.5, 0.6) is 0 Å². The number of aromatic nitrogens is 3. The minimum absolute atomic E-state index is 1.21. The highest BCUT2D eigenvalue weighted by Gasteiger charge is 2.22. The zero-order valence-corrected chi connectivity index (χ0v) is 72.8. The van der Waals surface area contributed by atoms with E-state index in [1.807, 2.05) is 0 Å². The summed E-state index contributed by atoms with van der Waals surface area (Å²) >= 11 is 0. The Morgan fingerprint density at radius 2 is 0.293 bits per heavy atom. The van der Waals surface area contributed by atoms with Crippen molar-refractivity contribution in [3.63, 3.8) is 0 Å². The summed E-state index contributed by atoms with van der Waals surface area (Å²) in [6.07, 6.45) is 0. The molecule has 0 unspecified atom stereocenters. The summed E-state index contributed by atoms with van der Waals surface area (Å²) in [6.45, 7) is 0. The number of benzene rings is 25. The van der Waals surface area contributed by atoms with Crippen LogP contribution in [0.25, 0.3) is 257 Å². The lowest BCUT2D eigenvalue weighted by Crippen LogP contribution is -1.95. The van der Waals surface area contributed by atoms with E-state index in [0.29, 0.717) is 0 Å². The first-order valence-electron chi connectivity index (χ1n) is 46.0. The molecule has 3 aromatic heterocycles. The van der Waals surface area contributed by atoms with Crippen LogP contribution in [-0.4, -0.2) is 13.7 Å². The normalized spacial score (nSPS) is 11.8. The molecule has 0 amide bonds. The predicted octanol–water partition coefficient (Wildman–Crippen LogP) is 35.9. The molecule has 0 bridgehead atoms. The van der Waals surface area contributed by atoms with Gasteiger partial charge in [-0.1, -0.05) is 394 Å². The second kappa shape index (κ2) is 31.8. The summed E-state index contributed by atoms with van der Waals surface area (Å²) in [4.78, 5) is 0. The van der Waals surface area contributed by atoms with Crippen molar-refractivity contribution in [2.75, 3.05) is 0 Å². The molecule has 0 aliphatic carbocycles. The van der Waals surface area contributed by atoms with E-state index in [1.54, 1.807) is 0 Å². The molecule has 0 saturated carbocycles. The van der Waals surface area contributed by atoms with Crippen LogP contribution in [0.3, 0.4) is 0 Å². The highest BCUT2D eigenvalue weighted by atomic mass is 15.0. The molecular formula is C130H83N3. The molecule has 0 fully saturated rings. The van der Waals surface area contributed by atoms with E-state index in [0.717, 1.165) is 0 Å². The first-order chi connectivity index (χ1) is 65.9.